The number of hydrogen-bond acceptors (Lipinski definition) is 3. The number of hydrogen-bond donors (Lipinski definition) is 2. The van der Waals surface area contributed by atoms with Crippen molar-refractivity contribution in [1.29, 1.82) is 0 Å². The van der Waals surface area contributed by atoms with E-state index < -0.39 is 10.8 Å². The molecule has 1 saturated carbocycles. The SMILES string of the molecule is CCNC(=NCc1ccc(Br)s1)NC1CCCC(S(=O)CC)C1. The molecule has 1 aromatic heterocycles. The van der Waals surface area contributed by atoms with Gasteiger partial charge in [-0.05, 0) is 54.2 Å². The second-order valence-electron chi connectivity index (χ2n) is 5.70. The Bertz CT molecular complexity index is 547. The quantitative estimate of drug-likeness (QED) is 0.546. The molecule has 2 rings (SSSR count). The van der Waals surface area contributed by atoms with Crippen LogP contribution < -0.4 is 10.6 Å². The minimum atomic E-state index is -0.687. The first-order valence-electron chi connectivity index (χ1n) is 8.28. The summed E-state index contributed by atoms with van der Waals surface area (Å²) in [7, 11) is -0.687. The topological polar surface area (TPSA) is 53.5 Å². The Labute approximate surface area is 154 Å². The maximum absolute atomic E-state index is 12.1. The first-order chi connectivity index (χ1) is 11.1. The second-order valence-corrected chi connectivity index (χ2v) is 10.3. The van der Waals surface area contributed by atoms with Crippen LogP contribution >= 0.6 is 27.3 Å². The Kier molecular flexibility index (Phi) is 8.06. The fraction of sp³-hybridized carbons (Fsp3) is 0.688. The van der Waals surface area contributed by atoms with Gasteiger partial charge in [-0.15, -0.1) is 11.3 Å². The van der Waals surface area contributed by atoms with Crippen molar-refractivity contribution in [2.45, 2.75) is 57.4 Å². The van der Waals surface area contributed by atoms with Gasteiger partial charge in [-0.1, -0.05) is 13.3 Å². The minimum Gasteiger partial charge on any atom is -0.357 e. The zero-order chi connectivity index (χ0) is 16.7. The molecule has 1 fully saturated rings. The number of halogens is 1. The van der Waals surface area contributed by atoms with E-state index in [1.807, 2.05) is 6.92 Å². The molecule has 0 spiro atoms. The lowest BCUT2D eigenvalue weighted by molar-refractivity contribution is 0.413. The largest absolute Gasteiger partial charge is 0.357 e. The molecule has 0 bridgehead atoms. The van der Waals surface area contributed by atoms with Gasteiger partial charge in [0.2, 0.25) is 0 Å². The summed E-state index contributed by atoms with van der Waals surface area (Å²) < 4.78 is 13.2. The van der Waals surface area contributed by atoms with Gasteiger partial charge in [0.05, 0.1) is 10.3 Å². The average Bonchev–Trinajstić information content (AvgIpc) is 2.98. The molecule has 0 aliphatic heterocycles. The predicted molar refractivity (Wildman–Crippen MR) is 105 cm³/mol. The zero-order valence-electron chi connectivity index (χ0n) is 13.8. The number of nitrogens with one attached hydrogen (secondary N) is 2. The van der Waals surface area contributed by atoms with E-state index in [1.165, 1.54) is 4.88 Å². The first kappa shape index (κ1) is 18.9. The van der Waals surface area contributed by atoms with Crippen molar-refractivity contribution in [3.05, 3.63) is 20.8 Å². The van der Waals surface area contributed by atoms with Gasteiger partial charge in [-0.2, -0.15) is 0 Å². The van der Waals surface area contributed by atoms with Gasteiger partial charge in [0, 0.05) is 39.3 Å². The molecule has 1 aliphatic rings. The molecule has 4 nitrogen and oxygen atoms in total. The smallest absolute Gasteiger partial charge is 0.191 e. The van der Waals surface area contributed by atoms with Gasteiger partial charge in [0.15, 0.2) is 5.96 Å². The standard InChI is InChI=1S/C16H26BrN3OS2/c1-3-18-16(19-11-13-8-9-15(17)22-13)20-12-6-5-7-14(10-12)23(21)4-2/h8-9,12,14H,3-7,10-11H2,1-2H3,(H2,18,19,20). The number of aliphatic imine (C=N–C) groups is 1. The Morgan fingerprint density at radius 3 is 2.91 bits per heavy atom. The molecule has 0 aromatic carbocycles. The van der Waals surface area contributed by atoms with E-state index in [9.17, 15) is 4.21 Å². The third-order valence-electron chi connectivity index (χ3n) is 3.99. The van der Waals surface area contributed by atoms with Crippen molar-refractivity contribution in [3.63, 3.8) is 0 Å². The van der Waals surface area contributed by atoms with Crippen molar-refractivity contribution in [1.82, 2.24) is 10.6 Å². The number of guanidine groups is 1. The van der Waals surface area contributed by atoms with Crippen molar-refractivity contribution in [3.8, 4) is 0 Å². The molecule has 2 N–H and O–H groups in total. The van der Waals surface area contributed by atoms with Crippen molar-refractivity contribution >= 4 is 44.0 Å². The Morgan fingerprint density at radius 1 is 1.43 bits per heavy atom. The van der Waals surface area contributed by atoms with Crippen LogP contribution in [-0.2, 0) is 17.3 Å². The highest BCUT2D eigenvalue weighted by atomic mass is 79.9. The van der Waals surface area contributed by atoms with Gasteiger partial charge >= 0.3 is 0 Å². The van der Waals surface area contributed by atoms with Crippen LogP contribution in [0.15, 0.2) is 20.9 Å². The summed E-state index contributed by atoms with van der Waals surface area (Å²) in [5, 5.41) is 7.20. The highest BCUT2D eigenvalue weighted by Gasteiger charge is 2.25. The monoisotopic (exact) mass is 419 g/mol. The minimum absolute atomic E-state index is 0.336. The van der Waals surface area contributed by atoms with Gasteiger partial charge in [0.25, 0.3) is 0 Å². The molecule has 1 aliphatic carbocycles. The fourth-order valence-electron chi connectivity index (χ4n) is 2.86. The van der Waals surface area contributed by atoms with Crippen LogP contribution in [0.2, 0.25) is 0 Å². The van der Waals surface area contributed by atoms with Gasteiger partial charge < -0.3 is 10.6 Å². The van der Waals surface area contributed by atoms with Crippen LogP contribution in [-0.4, -0.2) is 33.8 Å². The second kappa shape index (κ2) is 9.79. The van der Waals surface area contributed by atoms with Crippen LogP contribution in [0.25, 0.3) is 0 Å². The highest BCUT2D eigenvalue weighted by Crippen LogP contribution is 2.24. The van der Waals surface area contributed by atoms with Gasteiger partial charge in [-0.25, -0.2) is 4.99 Å². The van der Waals surface area contributed by atoms with Crippen molar-refractivity contribution in [2.24, 2.45) is 4.99 Å². The molecule has 0 amide bonds. The third-order valence-corrected chi connectivity index (χ3v) is 7.34. The van der Waals surface area contributed by atoms with E-state index in [2.05, 4.69) is 50.6 Å². The van der Waals surface area contributed by atoms with Crippen LogP contribution in [0.5, 0.6) is 0 Å². The Morgan fingerprint density at radius 2 is 2.26 bits per heavy atom. The molecule has 1 heterocycles. The Hall–Kier alpha value is -0.400. The molecule has 3 unspecified atom stereocenters. The van der Waals surface area contributed by atoms with Crippen LogP contribution in [0, 0.1) is 0 Å². The van der Waals surface area contributed by atoms with Crippen molar-refractivity contribution < 1.29 is 4.21 Å². The number of thiophene rings is 1. The molecule has 3 atom stereocenters. The maximum Gasteiger partial charge on any atom is 0.191 e. The summed E-state index contributed by atoms with van der Waals surface area (Å²) in [6.07, 6.45) is 4.35. The third kappa shape index (κ3) is 6.19. The predicted octanol–water partition coefficient (Wildman–Crippen LogP) is 3.65. The summed E-state index contributed by atoms with van der Waals surface area (Å²) in [5.41, 5.74) is 0. The summed E-state index contributed by atoms with van der Waals surface area (Å²) in [4.78, 5) is 5.93. The van der Waals surface area contributed by atoms with Gasteiger partial charge in [0.1, 0.15) is 0 Å². The molecule has 0 saturated heterocycles. The van der Waals surface area contributed by atoms with E-state index in [1.54, 1.807) is 11.3 Å². The van der Waals surface area contributed by atoms with E-state index in [0.29, 0.717) is 17.8 Å². The maximum atomic E-state index is 12.1. The lowest BCUT2D eigenvalue weighted by atomic mass is 9.95. The molecular formula is C16H26BrN3OS2. The lowest BCUT2D eigenvalue weighted by Gasteiger charge is -2.30. The number of nitrogens with zero attached hydrogens (tertiary/aromatic N) is 1. The normalized spacial score (nSPS) is 23.5. The summed E-state index contributed by atoms with van der Waals surface area (Å²) in [6, 6.07) is 4.53. The number of rotatable bonds is 6. The van der Waals surface area contributed by atoms with E-state index in [0.717, 1.165) is 47.7 Å². The van der Waals surface area contributed by atoms with Crippen LogP contribution in [0.4, 0.5) is 0 Å². The lowest BCUT2D eigenvalue weighted by Crippen LogP contribution is -2.46. The van der Waals surface area contributed by atoms with Crippen molar-refractivity contribution in [2.75, 3.05) is 12.3 Å². The zero-order valence-corrected chi connectivity index (χ0v) is 17.0. The average molecular weight is 420 g/mol. The van der Waals surface area contributed by atoms with Gasteiger partial charge in [-0.3, -0.25) is 4.21 Å². The first-order valence-corrected chi connectivity index (χ1v) is 11.3. The molecule has 1 aromatic rings. The molecule has 7 heteroatoms. The summed E-state index contributed by atoms with van der Waals surface area (Å²) in [6.45, 7) is 5.62. The fourth-order valence-corrected chi connectivity index (χ4v) is 5.61. The van der Waals surface area contributed by atoms with E-state index >= 15 is 0 Å². The molecular weight excluding hydrogens is 394 g/mol. The Balaban J connectivity index is 1.93. The summed E-state index contributed by atoms with van der Waals surface area (Å²) in [5.74, 6) is 1.63. The molecule has 0 radical (unpaired) electrons. The van der Waals surface area contributed by atoms with E-state index in [-0.39, 0.29) is 0 Å². The van der Waals surface area contributed by atoms with Crippen LogP contribution in [0.1, 0.15) is 44.4 Å². The molecule has 130 valence electrons. The van der Waals surface area contributed by atoms with Crippen LogP contribution in [0.3, 0.4) is 0 Å². The summed E-state index contributed by atoms with van der Waals surface area (Å²) >= 11 is 5.20. The highest BCUT2D eigenvalue weighted by molar-refractivity contribution is 9.11. The van der Waals surface area contributed by atoms with E-state index in [4.69, 9.17) is 0 Å². The molecule has 23 heavy (non-hydrogen) atoms.